The third kappa shape index (κ3) is 7.15. The molecule has 3 N–H and O–H groups in total. The van der Waals surface area contributed by atoms with E-state index in [0.29, 0.717) is 10.5 Å². The van der Waals surface area contributed by atoms with Gasteiger partial charge in [-0.1, -0.05) is 24.3 Å². The first-order valence-electron chi connectivity index (χ1n) is 8.71. The molecule has 7 nitrogen and oxygen atoms in total. The summed E-state index contributed by atoms with van der Waals surface area (Å²) in [6, 6.07) is 11.1. The average Bonchev–Trinajstić information content (AvgIpc) is 2.67. The first-order valence-corrected chi connectivity index (χ1v) is 11.2. The highest BCUT2D eigenvalue weighted by atomic mass is 32.2. The summed E-state index contributed by atoms with van der Waals surface area (Å²) in [5.74, 6) is -1.58. The van der Waals surface area contributed by atoms with Crippen molar-refractivity contribution in [1.29, 1.82) is 0 Å². The van der Waals surface area contributed by atoms with Crippen molar-refractivity contribution >= 4 is 33.6 Å². The summed E-state index contributed by atoms with van der Waals surface area (Å²) in [6.45, 7) is 3.36. The number of hydrazine groups is 1. The molecular formula is C19H22FN3O4S2. The summed E-state index contributed by atoms with van der Waals surface area (Å²) >= 11 is 0.998. The van der Waals surface area contributed by atoms with Crippen LogP contribution >= 0.6 is 11.8 Å². The minimum atomic E-state index is -3.74. The Morgan fingerprint density at radius 3 is 2.45 bits per heavy atom. The molecule has 2 amide bonds. The van der Waals surface area contributed by atoms with E-state index in [2.05, 4.69) is 15.6 Å². The lowest BCUT2D eigenvalue weighted by atomic mass is 10.2. The van der Waals surface area contributed by atoms with Crippen LogP contribution in [0.2, 0.25) is 0 Å². The highest BCUT2D eigenvalue weighted by Crippen LogP contribution is 2.20. The fraction of sp³-hybridized carbons (Fsp3) is 0.263. The Hall–Kier alpha value is -2.43. The van der Waals surface area contributed by atoms with E-state index in [4.69, 9.17) is 0 Å². The summed E-state index contributed by atoms with van der Waals surface area (Å²) in [6.07, 6.45) is -0.162. The number of aryl methyl sites for hydroxylation is 2. The standard InChI is InChI=1S/C19H22FN3O4S2/c1-13-7-8-14(2)17(11-13)29(26,27)21-10-9-18(24)22-23-19(25)12-28-16-6-4-3-5-15(16)20/h3-8,11,21H,9-10,12H2,1-2H3,(H,22,24)(H,23,25). The highest BCUT2D eigenvalue weighted by Gasteiger charge is 2.17. The van der Waals surface area contributed by atoms with Crippen molar-refractivity contribution in [2.75, 3.05) is 12.3 Å². The van der Waals surface area contributed by atoms with E-state index in [0.717, 1.165) is 17.3 Å². The molecule has 0 saturated heterocycles. The zero-order chi connectivity index (χ0) is 21.4. The Labute approximate surface area is 173 Å². The molecule has 2 aromatic rings. The molecule has 0 aliphatic rings. The van der Waals surface area contributed by atoms with Crippen LogP contribution in [0, 0.1) is 19.7 Å². The largest absolute Gasteiger partial charge is 0.273 e. The number of carbonyl (C=O) groups is 2. The van der Waals surface area contributed by atoms with Gasteiger partial charge in [-0.25, -0.2) is 17.5 Å². The number of halogens is 1. The Morgan fingerprint density at radius 2 is 1.72 bits per heavy atom. The quantitative estimate of drug-likeness (QED) is 0.431. The van der Waals surface area contributed by atoms with E-state index in [-0.39, 0.29) is 23.6 Å². The molecule has 156 valence electrons. The molecule has 0 spiro atoms. The fourth-order valence-corrected chi connectivity index (χ4v) is 4.42. The van der Waals surface area contributed by atoms with Crippen LogP contribution in [-0.4, -0.2) is 32.5 Å². The van der Waals surface area contributed by atoms with Gasteiger partial charge in [0, 0.05) is 17.9 Å². The van der Waals surface area contributed by atoms with Crippen LogP contribution in [0.1, 0.15) is 17.5 Å². The lowest BCUT2D eigenvalue weighted by Crippen LogP contribution is -2.43. The number of hydrogen-bond donors (Lipinski definition) is 3. The van der Waals surface area contributed by atoms with E-state index >= 15 is 0 Å². The fourth-order valence-electron chi connectivity index (χ4n) is 2.32. The summed E-state index contributed by atoms with van der Waals surface area (Å²) in [5.41, 5.74) is 5.82. The Morgan fingerprint density at radius 1 is 1.03 bits per heavy atom. The van der Waals surface area contributed by atoms with Crippen LogP contribution in [0.3, 0.4) is 0 Å². The molecule has 0 unspecified atom stereocenters. The van der Waals surface area contributed by atoms with Crippen molar-refractivity contribution in [3.63, 3.8) is 0 Å². The van der Waals surface area contributed by atoms with Crippen molar-refractivity contribution in [2.45, 2.75) is 30.1 Å². The van der Waals surface area contributed by atoms with Gasteiger partial charge in [0.2, 0.25) is 21.8 Å². The van der Waals surface area contributed by atoms with E-state index in [1.165, 1.54) is 6.07 Å². The highest BCUT2D eigenvalue weighted by molar-refractivity contribution is 8.00. The molecule has 0 aliphatic heterocycles. The van der Waals surface area contributed by atoms with Gasteiger partial charge < -0.3 is 0 Å². The molecule has 0 radical (unpaired) electrons. The van der Waals surface area contributed by atoms with E-state index in [1.54, 1.807) is 44.2 Å². The second-order valence-electron chi connectivity index (χ2n) is 6.23. The van der Waals surface area contributed by atoms with E-state index < -0.39 is 27.7 Å². The number of sulfonamides is 1. The number of hydrogen-bond acceptors (Lipinski definition) is 5. The van der Waals surface area contributed by atoms with Crippen molar-refractivity contribution < 1.29 is 22.4 Å². The topological polar surface area (TPSA) is 104 Å². The Balaban J connectivity index is 1.73. The van der Waals surface area contributed by atoms with Crippen molar-refractivity contribution in [3.8, 4) is 0 Å². The molecule has 10 heteroatoms. The Kier molecular flexibility index (Phi) is 8.18. The second kappa shape index (κ2) is 10.4. The molecule has 2 rings (SSSR count). The van der Waals surface area contributed by atoms with E-state index in [1.807, 2.05) is 6.07 Å². The maximum absolute atomic E-state index is 13.5. The van der Waals surface area contributed by atoms with Gasteiger partial charge in [-0.3, -0.25) is 20.4 Å². The zero-order valence-electron chi connectivity index (χ0n) is 16.0. The molecule has 2 aromatic carbocycles. The lowest BCUT2D eigenvalue weighted by Gasteiger charge is -2.11. The molecule has 0 saturated carbocycles. The van der Waals surface area contributed by atoms with E-state index in [9.17, 15) is 22.4 Å². The maximum Gasteiger partial charge on any atom is 0.248 e. The number of nitrogens with one attached hydrogen (secondary N) is 3. The minimum Gasteiger partial charge on any atom is -0.273 e. The summed E-state index contributed by atoms with van der Waals surface area (Å²) in [5, 5.41) is 0. The molecular weight excluding hydrogens is 417 g/mol. The minimum absolute atomic E-state index is 0.0829. The third-order valence-corrected chi connectivity index (χ3v) is 6.47. The number of amides is 2. The van der Waals surface area contributed by atoms with Crippen LogP contribution in [0.15, 0.2) is 52.3 Å². The van der Waals surface area contributed by atoms with Crippen LogP contribution in [0.4, 0.5) is 4.39 Å². The van der Waals surface area contributed by atoms with Crippen LogP contribution < -0.4 is 15.6 Å². The SMILES string of the molecule is Cc1ccc(C)c(S(=O)(=O)NCCC(=O)NNC(=O)CSc2ccccc2F)c1. The van der Waals surface area contributed by atoms with Crippen LogP contribution in [-0.2, 0) is 19.6 Å². The lowest BCUT2D eigenvalue weighted by molar-refractivity contribution is -0.127. The normalized spacial score (nSPS) is 11.1. The maximum atomic E-state index is 13.5. The van der Waals surface area contributed by atoms with Gasteiger partial charge in [0.15, 0.2) is 0 Å². The number of benzene rings is 2. The molecule has 0 aromatic heterocycles. The van der Waals surface area contributed by atoms with Crippen LogP contribution in [0.25, 0.3) is 0 Å². The number of carbonyl (C=O) groups excluding carboxylic acids is 2. The van der Waals surface area contributed by atoms with Gasteiger partial charge in [0.25, 0.3) is 0 Å². The zero-order valence-corrected chi connectivity index (χ0v) is 17.6. The molecule has 0 heterocycles. The predicted octanol–water partition coefficient (Wildman–Crippen LogP) is 2.05. The molecule has 0 aliphatic carbocycles. The van der Waals surface area contributed by atoms with Gasteiger partial charge in [-0.15, -0.1) is 11.8 Å². The Bertz CT molecular complexity index is 997. The second-order valence-corrected chi connectivity index (χ2v) is 8.98. The smallest absolute Gasteiger partial charge is 0.248 e. The van der Waals surface area contributed by atoms with Crippen molar-refractivity contribution in [2.24, 2.45) is 0 Å². The van der Waals surface area contributed by atoms with Crippen molar-refractivity contribution in [1.82, 2.24) is 15.6 Å². The molecule has 0 fully saturated rings. The van der Waals surface area contributed by atoms with Crippen LogP contribution in [0.5, 0.6) is 0 Å². The number of rotatable bonds is 8. The van der Waals surface area contributed by atoms with Gasteiger partial charge in [-0.05, 0) is 43.2 Å². The average molecular weight is 440 g/mol. The first-order chi connectivity index (χ1) is 13.7. The summed E-state index contributed by atoms with van der Waals surface area (Å²) in [4.78, 5) is 24.0. The predicted molar refractivity (Wildman–Crippen MR) is 109 cm³/mol. The van der Waals surface area contributed by atoms with Gasteiger partial charge in [0.05, 0.1) is 10.6 Å². The van der Waals surface area contributed by atoms with Gasteiger partial charge in [0.1, 0.15) is 5.82 Å². The van der Waals surface area contributed by atoms with Gasteiger partial charge >= 0.3 is 0 Å². The monoisotopic (exact) mass is 439 g/mol. The number of thioether (sulfide) groups is 1. The van der Waals surface area contributed by atoms with Crippen molar-refractivity contribution in [3.05, 3.63) is 59.4 Å². The summed E-state index contributed by atoms with van der Waals surface area (Å²) in [7, 11) is -3.74. The third-order valence-electron chi connectivity index (χ3n) is 3.81. The molecule has 0 bridgehead atoms. The first kappa shape index (κ1) is 22.9. The summed E-state index contributed by atoms with van der Waals surface area (Å²) < 4.78 is 40.6. The molecule has 29 heavy (non-hydrogen) atoms. The molecule has 0 atom stereocenters. The van der Waals surface area contributed by atoms with Gasteiger partial charge in [-0.2, -0.15) is 0 Å².